The first-order chi connectivity index (χ1) is 8.28. The monoisotopic (exact) mass is 245 g/mol. The summed E-state index contributed by atoms with van der Waals surface area (Å²) in [5.74, 6) is 0.626. The Kier molecular flexibility index (Phi) is 3.53. The van der Waals surface area contributed by atoms with Crippen molar-refractivity contribution in [1.29, 1.82) is 5.26 Å². The fraction of sp³-hybridized carbons (Fsp3) is 0.0833. The van der Waals surface area contributed by atoms with Gasteiger partial charge < -0.3 is 4.74 Å². The van der Waals surface area contributed by atoms with Crippen molar-refractivity contribution >= 4 is 11.6 Å². The van der Waals surface area contributed by atoms with E-state index in [4.69, 9.17) is 21.6 Å². The second-order valence-electron chi connectivity index (χ2n) is 3.26. The predicted octanol–water partition coefficient (Wildman–Crippen LogP) is 2.58. The summed E-state index contributed by atoms with van der Waals surface area (Å²) >= 11 is 5.62. The molecule has 0 spiro atoms. The largest absolute Gasteiger partial charge is 0.487 e. The summed E-state index contributed by atoms with van der Waals surface area (Å²) in [5, 5.41) is 9.08. The average molecular weight is 246 g/mol. The highest BCUT2D eigenvalue weighted by Crippen LogP contribution is 2.14. The van der Waals surface area contributed by atoms with Gasteiger partial charge in [-0.15, -0.1) is 0 Å². The molecule has 0 aliphatic rings. The van der Waals surface area contributed by atoms with E-state index in [9.17, 15) is 0 Å². The summed E-state index contributed by atoms with van der Waals surface area (Å²) in [4.78, 5) is 7.95. The van der Waals surface area contributed by atoms with E-state index in [2.05, 4.69) is 9.97 Å². The minimum absolute atomic E-state index is 0.291. The third kappa shape index (κ3) is 3.16. The van der Waals surface area contributed by atoms with Gasteiger partial charge in [-0.1, -0.05) is 17.7 Å². The highest BCUT2D eigenvalue weighted by Gasteiger charge is 1.99. The number of hydrogen-bond acceptors (Lipinski definition) is 4. The summed E-state index contributed by atoms with van der Waals surface area (Å²) in [5.41, 5.74) is 1.24. The van der Waals surface area contributed by atoms with Gasteiger partial charge in [-0.25, -0.2) is 4.98 Å². The Morgan fingerprint density at radius 3 is 2.88 bits per heavy atom. The van der Waals surface area contributed by atoms with Crippen LogP contribution in [-0.2, 0) is 6.61 Å². The highest BCUT2D eigenvalue weighted by molar-refractivity contribution is 6.29. The molecule has 0 fully saturated rings. The zero-order valence-corrected chi connectivity index (χ0v) is 9.55. The normalized spacial score (nSPS) is 9.65. The van der Waals surface area contributed by atoms with Crippen LogP contribution in [0.1, 0.15) is 11.3 Å². The van der Waals surface area contributed by atoms with Crippen molar-refractivity contribution in [3.05, 3.63) is 53.1 Å². The summed E-state index contributed by atoms with van der Waals surface area (Å²) in [7, 11) is 0. The van der Waals surface area contributed by atoms with Gasteiger partial charge in [-0.2, -0.15) is 5.26 Å². The molecule has 0 amide bonds. The molecular weight excluding hydrogens is 238 g/mol. The minimum atomic E-state index is 0.291. The molecule has 0 atom stereocenters. The zero-order valence-electron chi connectivity index (χ0n) is 8.80. The van der Waals surface area contributed by atoms with Crippen molar-refractivity contribution in [2.24, 2.45) is 0 Å². The number of rotatable bonds is 3. The van der Waals surface area contributed by atoms with Crippen LogP contribution in [-0.4, -0.2) is 9.97 Å². The van der Waals surface area contributed by atoms with Gasteiger partial charge >= 0.3 is 0 Å². The second-order valence-corrected chi connectivity index (χ2v) is 3.65. The molecule has 0 saturated heterocycles. The molecule has 1 aromatic carbocycles. The molecule has 0 N–H and O–H groups in total. The van der Waals surface area contributed by atoms with Crippen molar-refractivity contribution < 1.29 is 4.74 Å². The number of halogens is 1. The van der Waals surface area contributed by atoms with E-state index in [-0.39, 0.29) is 0 Å². The maximum Gasteiger partial charge on any atom is 0.147 e. The van der Waals surface area contributed by atoms with E-state index in [0.29, 0.717) is 28.8 Å². The lowest BCUT2D eigenvalue weighted by molar-refractivity contribution is 0.300. The van der Waals surface area contributed by atoms with E-state index in [1.165, 1.54) is 6.20 Å². The Hall–Kier alpha value is -2.12. The average Bonchev–Trinajstić information content (AvgIpc) is 2.38. The summed E-state index contributed by atoms with van der Waals surface area (Å²) in [6, 6.07) is 8.98. The molecule has 17 heavy (non-hydrogen) atoms. The first-order valence-electron chi connectivity index (χ1n) is 4.87. The van der Waals surface area contributed by atoms with E-state index in [1.807, 2.05) is 6.07 Å². The molecular formula is C12H8ClN3O. The number of hydrogen-bond donors (Lipinski definition) is 0. The van der Waals surface area contributed by atoms with Crippen LogP contribution in [0.2, 0.25) is 5.15 Å². The predicted molar refractivity (Wildman–Crippen MR) is 62.5 cm³/mol. The van der Waals surface area contributed by atoms with Crippen LogP contribution in [0.3, 0.4) is 0 Å². The lowest BCUT2D eigenvalue weighted by Gasteiger charge is -2.05. The third-order valence-electron chi connectivity index (χ3n) is 2.02. The van der Waals surface area contributed by atoms with E-state index in [0.717, 1.165) is 0 Å². The molecule has 0 unspecified atom stereocenters. The Morgan fingerprint density at radius 2 is 2.18 bits per heavy atom. The van der Waals surface area contributed by atoms with Crippen LogP contribution < -0.4 is 4.74 Å². The Balaban J connectivity index is 2.02. The molecule has 4 nitrogen and oxygen atoms in total. The molecule has 0 saturated carbocycles. The molecule has 84 valence electrons. The molecule has 1 aromatic heterocycles. The Morgan fingerprint density at radius 1 is 1.29 bits per heavy atom. The lowest BCUT2D eigenvalue weighted by Crippen LogP contribution is -1.98. The van der Waals surface area contributed by atoms with Gasteiger partial charge in [0.05, 0.1) is 29.7 Å². The van der Waals surface area contributed by atoms with E-state index < -0.39 is 0 Å². The van der Waals surface area contributed by atoms with Crippen LogP contribution in [0.15, 0.2) is 36.7 Å². The number of ether oxygens (including phenoxy) is 1. The van der Waals surface area contributed by atoms with Crippen LogP contribution >= 0.6 is 11.6 Å². The maximum absolute atomic E-state index is 8.74. The Labute approximate surface area is 103 Å². The lowest BCUT2D eigenvalue weighted by atomic mass is 10.2. The topological polar surface area (TPSA) is 58.8 Å². The SMILES string of the molecule is N#Cc1cccc(OCc2cnc(Cl)cn2)c1. The molecule has 1 heterocycles. The van der Waals surface area contributed by atoms with Gasteiger partial charge in [-0.3, -0.25) is 4.98 Å². The standard InChI is InChI=1S/C12H8ClN3O/c13-12-7-15-10(6-16-12)8-17-11-3-1-2-9(4-11)5-14/h1-4,6-7H,8H2. The summed E-state index contributed by atoms with van der Waals surface area (Å²) < 4.78 is 5.48. The quantitative estimate of drug-likeness (QED) is 0.834. The van der Waals surface area contributed by atoms with Crippen molar-refractivity contribution in [2.75, 3.05) is 0 Å². The highest BCUT2D eigenvalue weighted by atomic mass is 35.5. The van der Waals surface area contributed by atoms with Gasteiger partial charge in [0.1, 0.15) is 17.5 Å². The van der Waals surface area contributed by atoms with Crippen LogP contribution in [0.25, 0.3) is 0 Å². The van der Waals surface area contributed by atoms with Crippen LogP contribution in [0.5, 0.6) is 5.75 Å². The smallest absolute Gasteiger partial charge is 0.147 e. The van der Waals surface area contributed by atoms with E-state index >= 15 is 0 Å². The number of nitrogens with zero attached hydrogens (tertiary/aromatic N) is 3. The molecule has 2 rings (SSSR count). The van der Waals surface area contributed by atoms with Crippen molar-refractivity contribution in [3.8, 4) is 11.8 Å². The molecule has 0 aliphatic heterocycles. The summed E-state index contributed by atoms with van der Waals surface area (Å²) in [6.45, 7) is 0.291. The van der Waals surface area contributed by atoms with Gasteiger partial charge in [0.15, 0.2) is 0 Å². The van der Waals surface area contributed by atoms with Gasteiger partial charge in [0.25, 0.3) is 0 Å². The Bertz CT molecular complexity index is 548. The maximum atomic E-state index is 8.74. The van der Waals surface area contributed by atoms with Crippen LogP contribution in [0.4, 0.5) is 0 Å². The van der Waals surface area contributed by atoms with Crippen LogP contribution in [0, 0.1) is 11.3 Å². The zero-order chi connectivity index (χ0) is 12.1. The number of benzene rings is 1. The fourth-order valence-electron chi connectivity index (χ4n) is 1.23. The fourth-order valence-corrected chi connectivity index (χ4v) is 1.32. The van der Waals surface area contributed by atoms with Crippen molar-refractivity contribution in [1.82, 2.24) is 9.97 Å². The van der Waals surface area contributed by atoms with Gasteiger partial charge in [0, 0.05) is 0 Å². The minimum Gasteiger partial charge on any atom is -0.487 e. The second kappa shape index (κ2) is 5.28. The number of aromatic nitrogens is 2. The van der Waals surface area contributed by atoms with Gasteiger partial charge in [0.2, 0.25) is 0 Å². The molecule has 0 radical (unpaired) electrons. The first kappa shape index (κ1) is 11.4. The summed E-state index contributed by atoms with van der Waals surface area (Å²) in [6.07, 6.45) is 3.02. The molecule has 2 aromatic rings. The van der Waals surface area contributed by atoms with Crippen molar-refractivity contribution in [3.63, 3.8) is 0 Å². The van der Waals surface area contributed by atoms with Crippen molar-refractivity contribution in [2.45, 2.75) is 6.61 Å². The molecule has 0 aliphatic carbocycles. The first-order valence-corrected chi connectivity index (χ1v) is 5.25. The van der Waals surface area contributed by atoms with E-state index in [1.54, 1.807) is 30.5 Å². The van der Waals surface area contributed by atoms with Gasteiger partial charge in [-0.05, 0) is 18.2 Å². The molecule has 5 heteroatoms. The third-order valence-corrected chi connectivity index (χ3v) is 2.22. The number of nitriles is 1. The molecule has 0 bridgehead atoms.